The second-order valence-corrected chi connectivity index (χ2v) is 5.01. The number of ether oxygens (including phenoxy) is 1. The first-order valence-corrected chi connectivity index (χ1v) is 7.24. The van der Waals surface area contributed by atoms with Crippen molar-refractivity contribution in [2.45, 2.75) is 19.8 Å². The monoisotopic (exact) mass is 320 g/mol. The number of rotatable bonds is 6. The molecule has 0 atom stereocenters. The predicted molar refractivity (Wildman–Crippen MR) is 86.9 cm³/mol. The van der Waals surface area contributed by atoms with Gasteiger partial charge in [0.1, 0.15) is 5.75 Å². The normalized spacial score (nSPS) is 10.1. The summed E-state index contributed by atoms with van der Waals surface area (Å²) in [4.78, 5) is 11.5. The summed E-state index contributed by atoms with van der Waals surface area (Å²) in [6, 6.07) is 8.63. The molecule has 0 saturated heterocycles. The number of anilines is 3. The highest BCUT2D eigenvalue weighted by Gasteiger charge is 2.07. The van der Waals surface area contributed by atoms with Crippen molar-refractivity contribution in [1.29, 1.82) is 0 Å². The number of methoxy groups -OCH3 is 1. The summed E-state index contributed by atoms with van der Waals surface area (Å²) in [6.07, 6.45) is 1.24. The van der Waals surface area contributed by atoms with Gasteiger partial charge in [0.2, 0.25) is 5.91 Å². The van der Waals surface area contributed by atoms with Gasteiger partial charge in [-0.1, -0.05) is 18.5 Å². The van der Waals surface area contributed by atoms with Crippen LogP contribution in [0.15, 0.2) is 30.3 Å². The van der Waals surface area contributed by atoms with Crippen molar-refractivity contribution in [3.63, 3.8) is 0 Å². The van der Waals surface area contributed by atoms with Gasteiger partial charge in [0, 0.05) is 11.4 Å². The Balaban J connectivity index is 2.08. The van der Waals surface area contributed by atoms with Gasteiger partial charge in [-0.3, -0.25) is 4.79 Å². The van der Waals surface area contributed by atoms with Crippen molar-refractivity contribution >= 4 is 34.8 Å². The van der Waals surface area contributed by atoms with Gasteiger partial charge in [-0.15, -0.1) is 10.2 Å². The number of hydrogen-bond acceptors (Lipinski definition) is 5. The molecule has 6 nitrogen and oxygen atoms in total. The minimum Gasteiger partial charge on any atom is -0.495 e. The van der Waals surface area contributed by atoms with E-state index < -0.39 is 0 Å². The Labute approximate surface area is 133 Å². The first-order valence-electron chi connectivity index (χ1n) is 6.86. The van der Waals surface area contributed by atoms with Gasteiger partial charge < -0.3 is 15.4 Å². The predicted octanol–water partition coefficient (Wildman–Crippen LogP) is 3.62. The lowest BCUT2D eigenvalue weighted by atomic mass is 10.3. The van der Waals surface area contributed by atoms with E-state index in [0.29, 0.717) is 34.5 Å². The molecule has 0 fully saturated rings. The van der Waals surface area contributed by atoms with Crippen LogP contribution in [0, 0.1) is 0 Å². The van der Waals surface area contributed by atoms with Crippen LogP contribution in [-0.4, -0.2) is 23.2 Å². The van der Waals surface area contributed by atoms with Crippen LogP contribution in [0.25, 0.3) is 0 Å². The largest absolute Gasteiger partial charge is 0.495 e. The molecular weight excluding hydrogens is 304 g/mol. The maximum atomic E-state index is 11.5. The first-order chi connectivity index (χ1) is 10.6. The second-order valence-electron chi connectivity index (χ2n) is 4.57. The Morgan fingerprint density at radius 1 is 1.23 bits per heavy atom. The molecule has 2 rings (SSSR count). The number of nitrogens with zero attached hydrogens (tertiary/aromatic N) is 2. The highest BCUT2D eigenvalue weighted by molar-refractivity contribution is 6.31. The molecule has 0 unspecified atom stereocenters. The molecule has 0 aliphatic heterocycles. The van der Waals surface area contributed by atoms with Gasteiger partial charge in [-0.25, -0.2) is 0 Å². The van der Waals surface area contributed by atoms with Crippen LogP contribution < -0.4 is 15.4 Å². The van der Waals surface area contributed by atoms with Crippen LogP contribution in [0.1, 0.15) is 19.8 Å². The van der Waals surface area contributed by atoms with E-state index in [0.717, 1.165) is 6.42 Å². The van der Waals surface area contributed by atoms with Crippen molar-refractivity contribution in [3.05, 3.63) is 35.4 Å². The average Bonchev–Trinajstić information content (AvgIpc) is 2.50. The molecule has 1 aromatic carbocycles. The van der Waals surface area contributed by atoms with Crippen molar-refractivity contribution in [2.24, 2.45) is 0 Å². The molecule has 0 bridgehead atoms. The minimum atomic E-state index is -0.0750. The molecular formula is C15H17ClN4O2. The summed E-state index contributed by atoms with van der Waals surface area (Å²) in [5.74, 6) is 1.51. The molecule has 0 radical (unpaired) electrons. The molecule has 2 N–H and O–H groups in total. The van der Waals surface area contributed by atoms with Crippen LogP contribution in [0.3, 0.4) is 0 Å². The second kappa shape index (κ2) is 7.61. The Kier molecular flexibility index (Phi) is 5.55. The zero-order valence-corrected chi connectivity index (χ0v) is 13.1. The lowest BCUT2D eigenvalue weighted by Gasteiger charge is -2.11. The molecule has 1 heterocycles. The number of carbonyl (C=O) groups excluding carboxylic acids is 1. The van der Waals surface area contributed by atoms with Crippen molar-refractivity contribution < 1.29 is 9.53 Å². The van der Waals surface area contributed by atoms with Gasteiger partial charge in [0.05, 0.1) is 12.8 Å². The average molecular weight is 321 g/mol. The van der Waals surface area contributed by atoms with Crippen molar-refractivity contribution in [3.8, 4) is 5.75 Å². The van der Waals surface area contributed by atoms with Gasteiger partial charge in [0.25, 0.3) is 0 Å². The number of carbonyl (C=O) groups is 1. The zero-order chi connectivity index (χ0) is 15.9. The number of amides is 1. The summed E-state index contributed by atoms with van der Waals surface area (Å²) in [5, 5.41) is 14.3. The maximum absolute atomic E-state index is 11.5. The SMILES string of the molecule is CCCC(=O)Nc1ccc(Nc2cc(Cl)ccc2OC)nn1. The Hall–Kier alpha value is -2.34. The van der Waals surface area contributed by atoms with Gasteiger partial charge in [-0.2, -0.15) is 0 Å². The van der Waals surface area contributed by atoms with Crippen molar-refractivity contribution in [2.75, 3.05) is 17.7 Å². The summed E-state index contributed by atoms with van der Waals surface area (Å²) in [6.45, 7) is 1.94. The van der Waals surface area contributed by atoms with E-state index in [1.54, 1.807) is 37.4 Å². The molecule has 0 aliphatic rings. The molecule has 1 aromatic heterocycles. The third-order valence-electron chi connectivity index (χ3n) is 2.83. The summed E-state index contributed by atoms with van der Waals surface area (Å²) < 4.78 is 5.25. The molecule has 2 aromatic rings. The topological polar surface area (TPSA) is 76.1 Å². The molecule has 22 heavy (non-hydrogen) atoms. The Morgan fingerprint density at radius 3 is 2.59 bits per heavy atom. The fourth-order valence-corrected chi connectivity index (χ4v) is 1.99. The lowest BCUT2D eigenvalue weighted by molar-refractivity contribution is -0.116. The molecule has 1 amide bonds. The van der Waals surface area contributed by atoms with Gasteiger partial charge in [0.15, 0.2) is 11.6 Å². The van der Waals surface area contributed by atoms with Crippen molar-refractivity contribution in [1.82, 2.24) is 10.2 Å². The molecule has 7 heteroatoms. The molecule has 0 aliphatic carbocycles. The number of nitrogens with one attached hydrogen (secondary N) is 2. The highest BCUT2D eigenvalue weighted by Crippen LogP contribution is 2.29. The highest BCUT2D eigenvalue weighted by atomic mass is 35.5. The number of halogens is 1. The van der Waals surface area contributed by atoms with Crippen LogP contribution in [0.5, 0.6) is 5.75 Å². The van der Waals surface area contributed by atoms with Crippen LogP contribution in [-0.2, 0) is 4.79 Å². The zero-order valence-electron chi connectivity index (χ0n) is 12.4. The van der Waals surface area contributed by atoms with E-state index in [-0.39, 0.29) is 5.91 Å². The van der Waals surface area contributed by atoms with Crippen LogP contribution in [0.4, 0.5) is 17.3 Å². The lowest BCUT2D eigenvalue weighted by Crippen LogP contribution is -2.12. The number of benzene rings is 1. The van der Waals surface area contributed by atoms with E-state index in [1.807, 2.05) is 6.92 Å². The van der Waals surface area contributed by atoms with Gasteiger partial charge >= 0.3 is 0 Å². The molecule has 0 saturated carbocycles. The van der Waals surface area contributed by atoms with Crippen LogP contribution >= 0.6 is 11.6 Å². The molecule has 0 spiro atoms. The summed E-state index contributed by atoms with van der Waals surface area (Å²) >= 11 is 5.97. The van der Waals surface area contributed by atoms with E-state index in [4.69, 9.17) is 16.3 Å². The standard InChI is InChI=1S/C15H17ClN4O2/c1-3-4-15(21)18-14-8-7-13(19-20-14)17-11-9-10(16)5-6-12(11)22-2/h5-9H,3-4H2,1-2H3,(H,17,19)(H,18,20,21). The van der Waals surface area contributed by atoms with Crippen LogP contribution in [0.2, 0.25) is 5.02 Å². The smallest absolute Gasteiger partial charge is 0.225 e. The third kappa shape index (κ3) is 4.33. The number of hydrogen-bond donors (Lipinski definition) is 2. The third-order valence-corrected chi connectivity index (χ3v) is 3.07. The summed E-state index contributed by atoms with van der Waals surface area (Å²) in [7, 11) is 1.58. The minimum absolute atomic E-state index is 0.0750. The van der Waals surface area contributed by atoms with E-state index in [1.165, 1.54) is 0 Å². The van der Waals surface area contributed by atoms with E-state index in [2.05, 4.69) is 20.8 Å². The number of aromatic nitrogens is 2. The van der Waals surface area contributed by atoms with E-state index >= 15 is 0 Å². The molecule has 116 valence electrons. The quantitative estimate of drug-likeness (QED) is 0.850. The maximum Gasteiger partial charge on any atom is 0.225 e. The fraction of sp³-hybridized carbons (Fsp3) is 0.267. The van der Waals surface area contributed by atoms with Gasteiger partial charge in [-0.05, 0) is 36.8 Å². The Morgan fingerprint density at radius 2 is 1.95 bits per heavy atom. The fourth-order valence-electron chi connectivity index (χ4n) is 1.81. The first kappa shape index (κ1) is 16.0. The summed E-state index contributed by atoms with van der Waals surface area (Å²) in [5.41, 5.74) is 0.687. The van der Waals surface area contributed by atoms with E-state index in [9.17, 15) is 4.79 Å². The Bertz CT molecular complexity index is 646.